The number of anilines is 2. The molecule has 4 heterocycles. The van der Waals surface area contributed by atoms with Crippen LogP contribution in [0.1, 0.15) is 5.69 Å². The van der Waals surface area contributed by atoms with E-state index in [0.717, 1.165) is 48.3 Å². The molecule has 0 spiro atoms. The molecule has 1 aliphatic heterocycles. The van der Waals surface area contributed by atoms with E-state index in [1.54, 1.807) is 11.3 Å². The molecule has 4 rings (SSSR count). The zero-order valence-corrected chi connectivity index (χ0v) is 13.1. The Balaban J connectivity index is 1.48. The lowest BCUT2D eigenvalue weighted by Gasteiger charge is -2.34. The van der Waals surface area contributed by atoms with Gasteiger partial charge in [-0.05, 0) is 25.1 Å². The first-order chi connectivity index (χ1) is 10.8. The fraction of sp³-hybridized carbons (Fsp3) is 0.333. The van der Waals surface area contributed by atoms with Gasteiger partial charge in [-0.3, -0.25) is 4.98 Å². The van der Waals surface area contributed by atoms with E-state index in [4.69, 9.17) is 0 Å². The van der Waals surface area contributed by atoms with E-state index in [9.17, 15) is 0 Å². The molecule has 3 aromatic heterocycles. The van der Waals surface area contributed by atoms with Crippen LogP contribution in [0, 0.1) is 6.92 Å². The van der Waals surface area contributed by atoms with Crippen molar-refractivity contribution in [1.82, 2.24) is 20.2 Å². The Hall–Kier alpha value is -2.28. The second kappa shape index (κ2) is 5.49. The molecule has 1 fully saturated rings. The van der Waals surface area contributed by atoms with Crippen molar-refractivity contribution in [1.29, 1.82) is 0 Å². The maximum atomic E-state index is 4.68. The Morgan fingerprint density at radius 1 is 1.00 bits per heavy atom. The van der Waals surface area contributed by atoms with E-state index in [2.05, 4.69) is 30.0 Å². The van der Waals surface area contributed by atoms with Gasteiger partial charge in [0.15, 0.2) is 10.9 Å². The van der Waals surface area contributed by atoms with Crippen LogP contribution in [-0.4, -0.2) is 46.3 Å². The van der Waals surface area contributed by atoms with Gasteiger partial charge in [0.1, 0.15) is 5.52 Å². The summed E-state index contributed by atoms with van der Waals surface area (Å²) in [7, 11) is 0. The molecule has 0 aliphatic carbocycles. The molecule has 0 unspecified atom stereocenters. The highest BCUT2D eigenvalue weighted by atomic mass is 32.1. The molecule has 0 radical (unpaired) electrons. The average molecular weight is 312 g/mol. The molecular formula is C15H16N6S. The maximum absolute atomic E-state index is 4.68. The van der Waals surface area contributed by atoms with Crippen LogP contribution in [0.25, 0.3) is 10.2 Å². The molecular weight excluding hydrogens is 296 g/mol. The summed E-state index contributed by atoms with van der Waals surface area (Å²) in [5, 5.41) is 9.49. The van der Waals surface area contributed by atoms with Gasteiger partial charge in [-0.2, -0.15) is 5.10 Å². The van der Waals surface area contributed by atoms with Crippen molar-refractivity contribution >= 4 is 32.5 Å². The van der Waals surface area contributed by atoms with Crippen LogP contribution in [0.15, 0.2) is 30.6 Å². The van der Waals surface area contributed by atoms with Crippen molar-refractivity contribution in [3.63, 3.8) is 0 Å². The zero-order valence-electron chi connectivity index (χ0n) is 12.3. The quantitative estimate of drug-likeness (QED) is 0.722. The number of aryl methyl sites for hydroxylation is 1. The number of fused-ring (bicyclic) bond motifs is 1. The Kier molecular flexibility index (Phi) is 3.34. The first kappa shape index (κ1) is 13.4. The predicted molar refractivity (Wildman–Crippen MR) is 88.6 cm³/mol. The number of nitrogens with zero attached hydrogens (tertiary/aromatic N) is 6. The molecule has 7 heteroatoms. The molecule has 3 aromatic rings. The van der Waals surface area contributed by atoms with Crippen LogP contribution in [0.4, 0.5) is 10.9 Å². The lowest BCUT2D eigenvalue weighted by atomic mass is 10.3. The van der Waals surface area contributed by atoms with Crippen molar-refractivity contribution in [2.75, 3.05) is 36.0 Å². The van der Waals surface area contributed by atoms with Crippen LogP contribution in [0.2, 0.25) is 0 Å². The number of aromatic nitrogens is 4. The number of thiazole rings is 1. The molecule has 0 N–H and O–H groups in total. The van der Waals surface area contributed by atoms with E-state index >= 15 is 0 Å². The van der Waals surface area contributed by atoms with E-state index in [1.807, 2.05) is 37.5 Å². The van der Waals surface area contributed by atoms with Crippen molar-refractivity contribution < 1.29 is 0 Å². The summed E-state index contributed by atoms with van der Waals surface area (Å²) < 4.78 is 1.19. The highest BCUT2D eigenvalue weighted by molar-refractivity contribution is 7.22. The van der Waals surface area contributed by atoms with Crippen LogP contribution < -0.4 is 9.80 Å². The minimum Gasteiger partial charge on any atom is -0.352 e. The lowest BCUT2D eigenvalue weighted by molar-refractivity contribution is 0.642. The Morgan fingerprint density at radius 3 is 2.55 bits per heavy atom. The van der Waals surface area contributed by atoms with Crippen molar-refractivity contribution in [2.45, 2.75) is 6.92 Å². The van der Waals surface area contributed by atoms with Gasteiger partial charge in [-0.15, -0.1) is 5.10 Å². The van der Waals surface area contributed by atoms with Gasteiger partial charge >= 0.3 is 0 Å². The van der Waals surface area contributed by atoms with Gasteiger partial charge in [0.2, 0.25) is 0 Å². The predicted octanol–water partition coefficient (Wildman–Crippen LogP) is 2.12. The minimum atomic E-state index is 0.936. The standard InChI is InChI=1S/C15H16N6S/c1-11-2-3-14(19-18-11)20-6-8-21(9-7-20)15-17-12-10-16-5-4-13(12)22-15/h2-5,10H,6-9H2,1H3. The highest BCUT2D eigenvalue weighted by Gasteiger charge is 2.20. The lowest BCUT2D eigenvalue weighted by Crippen LogP contribution is -2.46. The zero-order chi connectivity index (χ0) is 14.9. The summed E-state index contributed by atoms with van der Waals surface area (Å²) in [6, 6.07) is 6.07. The van der Waals surface area contributed by atoms with E-state index < -0.39 is 0 Å². The summed E-state index contributed by atoms with van der Waals surface area (Å²) in [6.45, 7) is 5.72. The van der Waals surface area contributed by atoms with Crippen molar-refractivity contribution in [3.8, 4) is 0 Å². The highest BCUT2D eigenvalue weighted by Crippen LogP contribution is 2.29. The van der Waals surface area contributed by atoms with E-state index in [-0.39, 0.29) is 0 Å². The van der Waals surface area contributed by atoms with Gasteiger partial charge in [0.25, 0.3) is 0 Å². The molecule has 22 heavy (non-hydrogen) atoms. The van der Waals surface area contributed by atoms with Gasteiger partial charge in [0, 0.05) is 32.4 Å². The first-order valence-electron chi connectivity index (χ1n) is 7.30. The fourth-order valence-corrected chi connectivity index (χ4v) is 3.57. The van der Waals surface area contributed by atoms with Gasteiger partial charge in [-0.1, -0.05) is 11.3 Å². The monoisotopic (exact) mass is 312 g/mol. The molecule has 1 aliphatic rings. The first-order valence-corrected chi connectivity index (χ1v) is 8.12. The number of pyridine rings is 1. The van der Waals surface area contributed by atoms with Crippen LogP contribution in [0.3, 0.4) is 0 Å². The van der Waals surface area contributed by atoms with Gasteiger partial charge < -0.3 is 9.80 Å². The third-order valence-corrected chi connectivity index (χ3v) is 4.93. The Morgan fingerprint density at radius 2 is 1.82 bits per heavy atom. The Labute approximate surface area is 132 Å². The molecule has 0 aromatic carbocycles. The molecule has 0 bridgehead atoms. The molecule has 6 nitrogen and oxygen atoms in total. The summed E-state index contributed by atoms with van der Waals surface area (Å²) >= 11 is 1.73. The van der Waals surface area contributed by atoms with Gasteiger partial charge in [-0.25, -0.2) is 4.98 Å². The maximum Gasteiger partial charge on any atom is 0.186 e. The van der Waals surface area contributed by atoms with E-state index in [0.29, 0.717) is 0 Å². The van der Waals surface area contributed by atoms with Crippen LogP contribution >= 0.6 is 11.3 Å². The topological polar surface area (TPSA) is 58.0 Å². The molecule has 1 saturated heterocycles. The molecule has 112 valence electrons. The number of hydrogen-bond acceptors (Lipinski definition) is 7. The normalized spacial score (nSPS) is 15.5. The number of piperazine rings is 1. The molecule has 0 atom stereocenters. The number of hydrogen-bond donors (Lipinski definition) is 0. The van der Waals surface area contributed by atoms with Crippen LogP contribution in [0.5, 0.6) is 0 Å². The van der Waals surface area contributed by atoms with Crippen molar-refractivity contribution in [2.24, 2.45) is 0 Å². The third kappa shape index (κ3) is 2.48. The Bertz CT molecular complexity index is 743. The largest absolute Gasteiger partial charge is 0.352 e. The minimum absolute atomic E-state index is 0.936. The van der Waals surface area contributed by atoms with Crippen molar-refractivity contribution in [3.05, 3.63) is 36.3 Å². The third-order valence-electron chi connectivity index (χ3n) is 3.84. The summed E-state index contributed by atoms with van der Waals surface area (Å²) in [6.07, 6.45) is 3.64. The second-order valence-electron chi connectivity index (χ2n) is 5.35. The molecule has 0 saturated carbocycles. The van der Waals surface area contributed by atoms with Crippen LogP contribution in [-0.2, 0) is 0 Å². The summed E-state index contributed by atoms with van der Waals surface area (Å²) in [5.74, 6) is 0.957. The average Bonchev–Trinajstić information content (AvgIpc) is 3.00. The second-order valence-corrected chi connectivity index (χ2v) is 6.36. The fourth-order valence-electron chi connectivity index (χ4n) is 2.59. The van der Waals surface area contributed by atoms with Gasteiger partial charge in [0.05, 0.1) is 16.6 Å². The number of rotatable bonds is 2. The summed E-state index contributed by atoms with van der Waals surface area (Å²) in [5.41, 5.74) is 1.93. The van der Waals surface area contributed by atoms with E-state index in [1.165, 1.54) is 4.70 Å². The SMILES string of the molecule is Cc1ccc(N2CCN(c3nc4cnccc4s3)CC2)nn1. The smallest absolute Gasteiger partial charge is 0.186 e. The summed E-state index contributed by atoms with van der Waals surface area (Å²) in [4.78, 5) is 13.4. The molecule has 0 amide bonds.